The SMILES string of the molecule is CC(C)c1ccc(C2(c3ccccc3)c3ccccc3-c3ccc(N(c4ccc5c(c4)C(c4ccccc4)(c4ccc(C(C)C)cc4)c4ccccc4-5)c4ccc5c(ccc6cc(-c7ccccc7)ccc65)c4)cc32)cc1. The van der Waals surface area contributed by atoms with Crippen molar-refractivity contribution >= 4 is 38.6 Å². The van der Waals surface area contributed by atoms with Gasteiger partial charge in [-0.1, -0.05) is 258 Å². The summed E-state index contributed by atoms with van der Waals surface area (Å²) >= 11 is 0. The topological polar surface area (TPSA) is 3.24 Å². The third-order valence-electron chi connectivity index (χ3n) is 17.2. The Morgan fingerprint density at radius 2 is 0.649 bits per heavy atom. The number of nitrogens with zero attached hydrogens (tertiary/aromatic N) is 1. The van der Waals surface area contributed by atoms with Crippen LogP contribution in [0.25, 0.3) is 54.9 Å². The summed E-state index contributed by atoms with van der Waals surface area (Å²) in [5.74, 6) is 0.846. The van der Waals surface area contributed by atoms with Crippen molar-refractivity contribution < 1.29 is 0 Å². The summed E-state index contributed by atoms with van der Waals surface area (Å²) < 4.78 is 0. The number of anilines is 3. The Bertz CT molecular complexity index is 4000. The lowest BCUT2D eigenvalue weighted by molar-refractivity contribution is 0.764. The maximum absolute atomic E-state index is 2.53. The van der Waals surface area contributed by atoms with Crippen LogP contribution < -0.4 is 4.90 Å². The van der Waals surface area contributed by atoms with Crippen molar-refractivity contribution in [2.24, 2.45) is 0 Å². The first kappa shape index (κ1) is 46.5. The maximum atomic E-state index is 2.53. The molecule has 14 rings (SSSR count). The van der Waals surface area contributed by atoms with Crippen LogP contribution in [-0.4, -0.2) is 0 Å². The summed E-state index contributed by atoms with van der Waals surface area (Å²) in [4.78, 5) is 2.53. The first-order valence-electron chi connectivity index (χ1n) is 27.4. The fourth-order valence-corrected chi connectivity index (χ4v) is 13.5. The van der Waals surface area contributed by atoms with Gasteiger partial charge in [0, 0.05) is 17.1 Å². The normalized spacial score (nSPS) is 16.1. The van der Waals surface area contributed by atoms with Crippen LogP contribution in [0.2, 0.25) is 0 Å². The van der Waals surface area contributed by atoms with Crippen molar-refractivity contribution in [1.29, 1.82) is 0 Å². The highest BCUT2D eigenvalue weighted by Gasteiger charge is 2.48. The number of rotatable bonds is 10. The van der Waals surface area contributed by atoms with Gasteiger partial charge in [-0.05, 0) is 165 Å². The van der Waals surface area contributed by atoms with Crippen LogP contribution in [0.15, 0.2) is 273 Å². The second-order valence-electron chi connectivity index (χ2n) is 21.9. The highest BCUT2D eigenvalue weighted by molar-refractivity contribution is 6.09. The van der Waals surface area contributed by atoms with Gasteiger partial charge in [0.1, 0.15) is 0 Å². The number of hydrogen-bond donors (Lipinski definition) is 0. The van der Waals surface area contributed by atoms with E-state index in [1.807, 2.05) is 0 Å². The predicted molar refractivity (Wildman–Crippen MR) is 324 cm³/mol. The fraction of sp³-hybridized carbons (Fsp3) is 0.105. The molecule has 0 amide bonds. The van der Waals surface area contributed by atoms with Gasteiger partial charge in [0.15, 0.2) is 0 Å². The molecule has 0 heterocycles. The van der Waals surface area contributed by atoms with Crippen LogP contribution in [0.4, 0.5) is 17.1 Å². The van der Waals surface area contributed by atoms with E-state index in [0.717, 1.165) is 17.1 Å². The Hall–Kier alpha value is -9.04. The molecule has 0 radical (unpaired) electrons. The molecule has 77 heavy (non-hydrogen) atoms. The Morgan fingerprint density at radius 1 is 0.273 bits per heavy atom. The lowest BCUT2D eigenvalue weighted by Crippen LogP contribution is -2.29. The van der Waals surface area contributed by atoms with Crippen molar-refractivity contribution in [1.82, 2.24) is 0 Å². The summed E-state index contributed by atoms with van der Waals surface area (Å²) in [7, 11) is 0. The molecule has 2 unspecified atom stereocenters. The van der Waals surface area contributed by atoms with E-state index in [4.69, 9.17) is 0 Å². The molecule has 0 saturated carbocycles. The summed E-state index contributed by atoms with van der Waals surface area (Å²) in [6.45, 7) is 9.13. The second-order valence-corrected chi connectivity index (χ2v) is 21.9. The molecule has 0 aliphatic heterocycles. The Balaban J connectivity index is 1.03. The zero-order chi connectivity index (χ0) is 51.8. The molecule has 2 aliphatic carbocycles. The van der Waals surface area contributed by atoms with E-state index < -0.39 is 10.8 Å². The second kappa shape index (κ2) is 18.4. The van der Waals surface area contributed by atoms with Gasteiger partial charge in [0.2, 0.25) is 0 Å². The molecule has 2 atom stereocenters. The molecule has 1 heteroatoms. The number of fused-ring (bicyclic) bond motifs is 9. The Labute approximate surface area is 453 Å². The average molecular weight is 986 g/mol. The third-order valence-corrected chi connectivity index (χ3v) is 17.2. The summed E-state index contributed by atoms with van der Waals surface area (Å²) in [6, 6.07) is 104. The van der Waals surface area contributed by atoms with Crippen molar-refractivity contribution in [2.75, 3.05) is 4.90 Å². The van der Waals surface area contributed by atoms with Gasteiger partial charge in [0.25, 0.3) is 0 Å². The highest BCUT2D eigenvalue weighted by atomic mass is 15.1. The van der Waals surface area contributed by atoms with E-state index in [2.05, 4.69) is 306 Å². The molecule has 0 N–H and O–H groups in total. The maximum Gasteiger partial charge on any atom is 0.0714 e. The molecule has 0 fully saturated rings. The highest BCUT2D eigenvalue weighted by Crippen LogP contribution is 2.60. The van der Waals surface area contributed by atoms with E-state index in [1.165, 1.54) is 111 Å². The van der Waals surface area contributed by atoms with Crippen LogP contribution in [0.5, 0.6) is 0 Å². The smallest absolute Gasteiger partial charge is 0.0714 e. The molecule has 0 bridgehead atoms. The zero-order valence-electron chi connectivity index (χ0n) is 44.1. The minimum atomic E-state index is -0.574. The monoisotopic (exact) mass is 985 g/mol. The van der Waals surface area contributed by atoms with Crippen molar-refractivity contribution in [3.63, 3.8) is 0 Å². The van der Waals surface area contributed by atoms with E-state index in [-0.39, 0.29) is 0 Å². The minimum absolute atomic E-state index is 0.423. The average Bonchev–Trinajstić information content (AvgIpc) is 4.21. The number of benzene rings is 12. The molecule has 2 aliphatic rings. The Morgan fingerprint density at radius 3 is 1.13 bits per heavy atom. The molecule has 0 saturated heterocycles. The number of hydrogen-bond acceptors (Lipinski definition) is 1. The van der Waals surface area contributed by atoms with Crippen LogP contribution >= 0.6 is 0 Å². The summed E-state index contributed by atoms with van der Waals surface area (Å²) in [5.41, 5.74) is 22.6. The van der Waals surface area contributed by atoms with Crippen LogP contribution in [0.1, 0.15) is 95.2 Å². The van der Waals surface area contributed by atoms with E-state index >= 15 is 0 Å². The first-order valence-corrected chi connectivity index (χ1v) is 27.4. The van der Waals surface area contributed by atoms with Crippen LogP contribution in [0, 0.1) is 0 Å². The molecule has 1 nitrogen and oxygen atoms in total. The van der Waals surface area contributed by atoms with Gasteiger partial charge in [-0.15, -0.1) is 0 Å². The van der Waals surface area contributed by atoms with Gasteiger partial charge in [-0.3, -0.25) is 0 Å². The van der Waals surface area contributed by atoms with E-state index in [0.29, 0.717) is 11.8 Å². The van der Waals surface area contributed by atoms with Crippen molar-refractivity contribution in [3.8, 4) is 33.4 Å². The van der Waals surface area contributed by atoms with Gasteiger partial charge < -0.3 is 4.90 Å². The molecule has 12 aromatic carbocycles. The zero-order valence-corrected chi connectivity index (χ0v) is 44.1. The minimum Gasteiger partial charge on any atom is -0.310 e. The molecular formula is C76H59N. The van der Waals surface area contributed by atoms with Crippen molar-refractivity contribution in [3.05, 3.63) is 329 Å². The van der Waals surface area contributed by atoms with Crippen LogP contribution in [0.3, 0.4) is 0 Å². The Kier molecular flexibility index (Phi) is 11.1. The summed E-state index contributed by atoms with van der Waals surface area (Å²) in [5, 5.41) is 4.91. The van der Waals surface area contributed by atoms with Gasteiger partial charge in [0.05, 0.1) is 10.8 Å². The molecule has 0 aromatic heterocycles. The standard InChI is InChI=1S/C76H59N/c1-50(2)52-30-35-60(36-31-52)75(58-20-10-6-11-21-58)71-26-16-14-24-67(71)69-44-40-63(48-73(69)75)77(62-39-43-66-57(47-62)29-28-56-46-55(34-42-65(56)66)54-18-8-5-9-19-54)64-41-45-70-68-25-15-17-27-72(68)76(74(70)49-64,59-22-12-7-13-23-59)61-37-32-53(33-38-61)51(3)4/h5-51H,1-4H3. The lowest BCUT2D eigenvalue weighted by Gasteiger charge is -2.36. The van der Waals surface area contributed by atoms with Gasteiger partial charge in [-0.2, -0.15) is 0 Å². The molecular weight excluding hydrogens is 927 g/mol. The summed E-state index contributed by atoms with van der Waals surface area (Å²) in [6.07, 6.45) is 0. The van der Waals surface area contributed by atoms with Crippen LogP contribution in [-0.2, 0) is 10.8 Å². The van der Waals surface area contributed by atoms with E-state index in [1.54, 1.807) is 0 Å². The molecule has 12 aromatic rings. The van der Waals surface area contributed by atoms with Gasteiger partial charge in [-0.25, -0.2) is 0 Å². The fourth-order valence-electron chi connectivity index (χ4n) is 13.5. The lowest BCUT2D eigenvalue weighted by atomic mass is 9.67. The van der Waals surface area contributed by atoms with E-state index in [9.17, 15) is 0 Å². The quantitative estimate of drug-likeness (QED) is 0.123. The van der Waals surface area contributed by atoms with Crippen molar-refractivity contribution in [2.45, 2.75) is 50.4 Å². The largest absolute Gasteiger partial charge is 0.310 e. The predicted octanol–water partition coefficient (Wildman–Crippen LogP) is 20.1. The first-order chi connectivity index (χ1) is 37.8. The molecule has 368 valence electrons. The third kappa shape index (κ3) is 7.21. The van der Waals surface area contributed by atoms with Gasteiger partial charge >= 0.3 is 0 Å². The molecule has 0 spiro atoms.